The number of anilines is 3. The van der Waals surface area contributed by atoms with Crippen molar-refractivity contribution < 1.29 is 4.42 Å². The van der Waals surface area contributed by atoms with Gasteiger partial charge < -0.3 is 9.32 Å². The molecule has 11 aromatic rings. The van der Waals surface area contributed by atoms with Gasteiger partial charge in [-0.3, -0.25) is 0 Å². The number of hydrogen-bond donors (Lipinski definition) is 0. The van der Waals surface area contributed by atoms with Crippen LogP contribution in [0.2, 0.25) is 0 Å². The third-order valence-corrected chi connectivity index (χ3v) is 11.6. The number of hydrogen-bond acceptors (Lipinski definition) is 2. The van der Waals surface area contributed by atoms with E-state index in [1.54, 1.807) is 0 Å². The van der Waals surface area contributed by atoms with E-state index in [-0.39, 0.29) is 0 Å². The van der Waals surface area contributed by atoms with Crippen molar-refractivity contribution >= 4 is 49.8 Å². The number of rotatable bonds is 8. The van der Waals surface area contributed by atoms with Crippen molar-refractivity contribution in [3.05, 3.63) is 237 Å². The van der Waals surface area contributed by atoms with Gasteiger partial charge in [-0.1, -0.05) is 182 Å². The van der Waals surface area contributed by atoms with Crippen LogP contribution in [-0.4, -0.2) is 0 Å². The Kier molecular flexibility index (Phi) is 8.87. The van der Waals surface area contributed by atoms with E-state index in [1.807, 2.05) is 12.1 Å². The molecule has 1 heterocycles. The summed E-state index contributed by atoms with van der Waals surface area (Å²) in [5.74, 6) is 0. The molecule has 10 aromatic carbocycles. The summed E-state index contributed by atoms with van der Waals surface area (Å²) in [6, 6.07) is 85.0. The van der Waals surface area contributed by atoms with Crippen molar-refractivity contribution in [1.29, 1.82) is 0 Å². The van der Waals surface area contributed by atoms with E-state index in [2.05, 4.69) is 229 Å². The molecule has 0 N–H and O–H groups in total. The zero-order chi connectivity index (χ0) is 39.8. The highest BCUT2D eigenvalue weighted by Gasteiger charge is 2.18. The predicted octanol–water partition coefficient (Wildman–Crippen LogP) is 16.5. The van der Waals surface area contributed by atoms with Gasteiger partial charge in [-0.2, -0.15) is 0 Å². The first-order chi connectivity index (χ1) is 29.7. The van der Waals surface area contributed by atoms with E-state index >= 15 is 0 Å². The molecular formula is C58H39NO. The fourth-order valence-corrected chi connectivity index (χ4v) is 8.71. The van der Waals surface area contributed by atoms with Gasteiger partial charge in [0.1, 0.15) is 11.2 Å². The summed E-state index contributed by atoms with van der Waals surface area (Å²) in [7, 11) is 0. The zero-order valence-electron chi connectivity index (χ0n) is 32.9. The molecule has 11 rings (SSSR count). The Morgan fingerprint density at radius 1 is 0.267 bits per heavy atom. The summed E-state index contributed by atoms with van der Waals surface area (Å²) in [4.78, 5) is 2.39. The van der Waals surface area contributed by atoms with E-state index in [1.165, 1.54) is 38.6 Å². The summed E-state index contributed by atoms with van der Waals surface area (Å²) in [6.07, 6.45) is 0. The Labute approximate surface area is 349 Å². The number of nitrogens with zero attached hydrogens (tertiary/aromatic N) is 1. The summed E-state index contributed by atoms with van der Waals surface area (Å²) in [5.41, 5.74) is 16.6. The monoisotopic (exact) mass is 765 g/mol. The van der Waals surface area contributed by atoms with Crippen molar-refractivity contribution in [3.63, 3.8) is 0 Å². The second-order valence-electron chi connectivity index (χ2n) is 15.3. The molecule has 0 unspecified atom stereocenters. The summed E-state index contributed by atoms with van der Waals surface area (Å²) >= 11 is 0. The molecule has 0 radical (unpaired) electrons. The standard InChI is InChI=1S/C58H39NO/c1-3-15-40(16-4-1)47-36-48(41-17-5-2-6-18-41)39-51(38-47)59(49-33-31-43(32-34-49)54-28-14-29-56-55-26-9-10-30-57(55)60-58(54)56)50-24-12-22-45(37-50)44-21-11-23-46(35-44)53-27-13-20-42-19-7-8-25-52(42)53/h1-39H. The molecule has 0 saturated heterocycles. The van der Waals surface area contributed by atoms with Gasteiger partial charge in [0.2, 0.25) is 0 Å². The van der Waals surface area contributed by atoms with Gasteiger partial charge in [-0.25, -0.2) is 0 Å². The van der Waals surface area contributed by atoms with E-state index in [0.29, 0.717) is 0 Å². The first-order valence-corrected chi connectivity index (χ1v) is 20.5. The Morgan fingerprint density at radius 2 is 0.783 bits per heavy atom. The van der Waals surface area contributed by atoms with Crippen LogP contribution in [-0.2, 0) is 0 Å². The minimum atomic E-state index is 0.901. The lowest BCUT2D eigenvalue weighted by molar-refractivity contribution is 0.670. The Balaban J connectivity index is 1.07. The van der Waals surface area contributed by atoms with E-state index < -0.39 is 0 Å². The van der Waals surface area contributed by atoms with Gasteiger partial charge in [0.15, 0.2) is 0 Å². The molecule has 0 saturated carbocycles. The van der Waals surface area contributed by atoms with Crippen LogP contribution in [0.1, 0.15) is 0 Å². The molecule has 0 bridgehead atoms. The highest BCUT2D eigenvalue weighted by Crippen LogP contribution is 2.43. The van der Waals surface area contributed by atoms with Crippen molar-refractivity contribution in [3.8, 4) is 55.6 Å². The van der Waals surface area contributed by atoms with Gasteiger partial charge >= 0.3 is 0 Å². The molecule has 1 aromatic heterocycles. The van der Waals surface area contributed by atoms with Gasteiger partial charge in [0, 0.05) is 33.4 Å². The highest BCUT2D eigenvalue weighted by atomic mass is 16.3. The highest BCUT2D eigenvalue weighted by molar-refractivity contribution is 6.09. The second kappa shape index (κ2) is 15.1. The topological polar surface area (TPSA) is 16.4 Å². The fourth-order valence-electron chi connectivity index (χ4n) is 8.71. The van der Waals surface area contributed by atoms with Crippen molar-refractivity contribution in [1.82, 2.24) is 0 Å². The third-order valence-electron chi connectivity index (χ3n) is 11.6. The number of para-hydroxylation sites is 2. The Bertz CT molecular complexity index is 3250. The smallest absolute Gasteiger partial charge is 0.143 e. The summed E-state index contributed by atoms with van der Waals surface area (Å²) in [6.45, 7) is 0. The molecule has 2 heteroatoms. The van der Waals surface area contributed by atoms with Crippen molar-refractivity contribution in [2.75, 3.05) is 4.90 Å². The predicted molar refractivity (Wildman–Crippen MR) is 253 cm³/mol. The maximum absolute atomic E-state index is 6.47. The average Bonchev–Trinajstić information content (AvgIpc) is 3.71. The largest absolute Gasteiger partial charge is 0.455 e. The van der Waals surface area contributed by atoms with Crippen LogP contribution < -0.4 is 4.90 Å². The van der Waals surface area contributed by atoms with Crippen LogP contribution in [0.15, 0.2) is 241 Å². The molecule has 2 nitrogen and oxygen atoms in total. The lowest BCUT2D eigenvalue weighted by atomic mass is 9.95. The van der Waals surface area contributed by atoms with Crippen molar-refractivity contribution in [2.45, 2.75) is 0 Å². The number of furan rings is 1. The Morgan fingerprint density at radius 3 is 1.55 bits per heavy atom. The molecule has 0 atom stereocenters. The van der Waals surface area contributed by atoms with Crippen LogP contribution >= 0.6 is 0 Å². The van der Waals surface area contributed by atoms with Gasteiger partial charge in [0.25, 0.3) is 0 Å². The maximum Gasteiger partial charge on any atom is 0.143 e. The lowest BCUT2D eigenvalue weighted by Gasteiger charge is -2.27. The normalized spacial score (nSPS) is 11.3. The summed E-state index contributed by atoms with van der Waals surface area (Å²) < 4.78 is 6.47. The average molecular weight is 766 g/mol. The first-order valence-electron chi connectivity index (χ1n) is 20.5. The number of fused-ring (bicyclic) bond motifs is 4. The molecule has 0 spiro atoms. The maximum atomic E-state index is 6.47. The lowest BCUT2D eigenvalue weighted by Crippen LogP contribution is -2.10. The minimum Gasteiger partial charge on any atom is -0.455 e. The molecule has 0 aliphatic carbocycles. The first kappa shape index (κ1) is 35.2. The van der Waals surface area contributed by atoms with Crippen LogP contribution in [0, 0.1) is 0 Å². The quantitative estimate of drug-likeness (QED) is 0.153. The fraction of sp³-hybridized carbons (Fsp3) is 0. The molecule has 60 heavy (non-hydrogen) atoms. The van der Waals surface area contributed by atoms with Crippen LogP contribution in [0.3, 0.4) is 0 Å². The van der Waals surface area contributed by atoms with Crippen LogP contribution in [0.5, 0.6) is 0 Å². The molecule has 0 fully saturated rings. The summed E-state index contributed by atoms with van der Waals surface area (Å²) in [5, 5.41) is 4.75. The Hall–Kier alpha value is -7.94. The van der Waals surface area contributed by atoms with Crippen molar-refractivity contribution in [2.24, 2.45) is 0 Å². The van der Waals surface area contributed by atoms with Gasteiger partial charge in [0.05, 0.1) is 0 Å². The minimum absolute atomic E-state index is 0.901. The zero-order valence-corrected chi connectivity index (χ0v) is 32.9. The van der Waals surface area contributed by atoms with Crippen LogP contribution in [0.4, 0.5) is 17.1 Å². The SMILES string of the molecule is c1ccc(-c2cc(-c3ccccc3)cc(N(c3ccc(-c4cccc5c4oc4ccccc45)cc3)c3cccc(-c4cccc(-c5cccc6ccccc56)c4)c3)c2)cc1. The van der Waals surface area contributed by atoms with Gasteiger partial charge in [-0.15, -0.1) is 0 Å². The molecule has 282 valence electrons. The van der Waals surface area contributed by atoms with E-state index in [9.17, 15) is 0 Å². The molecular weight excluding hydrogens is 727 g/mol. The molecule has 0 aliphatic rings. The molecule has 0 amide bonds. The van der Waals surface area contributed by atoms with Gasteiger partial charge in [-0.05, 0) is 115 Å². The van der Waals surface area contributed by atoms with E-state index in [0.717, 1.165) is 66.8 Å². The number of benzene rings is 10. The molecule has 0 aliphatic heterocycles. The van der Waals surface area contributed by atoms with Crippen LogP contribution in [0.25, 0.3) is 88.3 Å². The van der Waals surface area contributed by atoms with E-state index in [4.69, 9.17) is 4.42 Å². The third kappa shape index (κ3) is 6.51. The second-order valence-corrected chi connectivity index (χ2v) is 15.3.